The van der Waals surface area contributed by atoms with E-state index in [1.807, 2.05) is 6.92 Å². The molecule has 1 heterocycles. The maximum atomic E-state index is 13.6. The molecule has 2 rings (SSSR count). The Balaban J connectivity index is 2.11. The summed E-state index contributed by atoms with van der Waals surface area (Å²) in [6.45, 7) is 4.93. The van der Waals surface area contributed by atoms with Gasteiger partial charge in [0.05, 0.1) is 0 Å². The van der Waals surface area contributed by atoms with Crippen LogP contribution in [0.5, 0.6) is 0 Å². The highest BCUT2D eigenvalue weighted by Crippen LogP contribution is 2.18. The standard InChI is InChI=1S/C14H19F3N2/c1-2-19(11-4-3-5-18-8-11)9-10-6-13(16)14(17)7-12(10)15/h6-7,11,18H,2-5,8-9H2,1H3. The Kier molecular flexibility index (Phi) is 4.82. The van der Waals surface area contributed by atoms with Crippen LogP contribution in [-0.2, 0) is 6.54 Å². The van der Waals surface area contributed by atoms with E-state index in [2.05, 4.69) is 10.2 Å². The second-order valence-corrected chi connectivity index (χ2v) is 4.92. The van der Waals surface area contributed by atoms with Gasteiger partial charge >= 0.3 is 0 Å². The predicted octanol–water partition coefficient (Wildman–Crippen LogP) is 2.68. The molecule has 1 aromatic carbocycles. The summed E-state index contributed by atoms with van der Waals surface area (Å²) in [7, 11) is 0. The molecule has 2 nitrogen and oxygen atoms in total. The first-order valence-corrected chi connectivity index (χ1v) is 6.70. The number of benzene rings is 1. The van der Waals surface area contributed by atoms with Gasteiger partial charge in [-0.25, -0.2) is 13.2 Å². The first-order valence-electron chi connectivity index (χ1n) is 6.70. The third-order valence-corrected chi connectivity index (χ3v) is 3.66. The normalized spacial score (nSPS) is 19.9. The zero-order chi connectivity index (χ0) is 13.8. The maximum absolute atomic E-state index is 13.6. The van der Waals surface area contributed by atoms with Crippen LogP contribution in [0.25, 0.3) is 0 Å². The molecular weight excluding hydrogens is 253 g/mol. The van der Waals surface area contributed by atoms with Crippen molar-refractivity contribution in [2.24, 2.45) is 0 Å². The van der Waals surface area contributed by atoms with Gasteiger partial charge in [-0.05, 0) is 32.0 Å². The minimum absolute atomic E-state index is 0.214. The van der Waals surface area contributed by atoms with Gasteiger partial charge in [0.1, 0.15) is 5.82 Å². The Labute approximate surface area is 111 Å². The summed E-state index contributed by atoms with van der Waals surface area (Å²) in [4.78, 5) is 2.10. The summed E-state index contributed by atoms with van der Waals surface area (Å²) >= 11 is 0. The molecule has 1 unspecified atom stereocenters. The maximum Gasteiger partial charge on any atom is 0.161 e. The van der Waals surface area contributed by atoms with Crippen molar-refractivity contribution < 1.29 is 13.2 Å². The van der Waals surface area contributed by atoms with Crippen LogP contribution < -0.4 is 5.32 Å². The fourth-order valence-corrected chi connectivity index (χ4v) is 2.55. The highest BCUT2D eigenvalue weighted by molar-refractivity contribution is 5.20. The van der Waals surface area contributed by atoms with Crippen LogP contribution in [0.3, 0.4) is 0 Å². The lowest BCUT2D eigenvalue weighted by molar-refractivity contribution is 0.164. The summed E-state index contributed by atoms with van der Waals surface area (Å²) in [6.07, 6.45) is 2.13. The Morgan fingerprint density at radius 1 is 1.21 bits per heavy atom. The first-order chi connectivity index (χ1) is 9.11. The molecule has 1 saturated heterocycles. The molecule has 0 amide bonds. The Morgan fingerprint density at radius 3 is 2.58 bits per heavy atom. The molecule has 1 aliphatic rings. The molecule has 0 bridgehead atoms. The minimum atomic E-state index is -1.14. The number of nitrogens with zero attached hydrogens (tertiary/aromatic N) is 1. The lowest BCUT2D eigenvalue weighted by Gasteiger charge is -2.34. The third kappa shape index (κ3) is 3.48. The fraction of sp³-hybridized carbons (Fsp3) is 0.571. The van der Waals surface area contributed by atoms with E-state index in [1.54, 1.807) is 0 Å². The molecule has 1 aliphatic heterocycles. The summed E-state index contributed by atoms with van der Waals surface area (Å²) in [6, 6.07) is 1.91. The fourth-order valence-electron chi connectivity index (χ4n) is 2.55. The molecule has 0 saturated carbocycles. The minimum Gasteiger partial charge on any atom is -0.315 e. The van der Waals surface area contributed by atoms with Crippen LogP contribution in [0.1, 0.15) is 25.3 Å². The van der Waals surface area contributed by atoms with Gasteiger partial charge < -0.3 is 5.32 Å². The molecule has 19 heavy (non-hydrogen) atoms. The van der Waals surface area contributed by atoms with E-state index < -0.39 is 17.5 Å². The summed E-state index contributed by atoms with van der Waals surface area (Å²) in [5.41, 5.74) is 0.214. The number of hydrogen-bond acceptors (Lipinski definition) is 2. The van der Waals surface area contributed by atoms with Gasteiger partial charge in [0.2, 0.25) is 0 Å². The quantitative estimate of drug-likeness (QED) is 0.848. The monoisotopic (exact) mass is 272 g/mol. The number of hydrogen-bond donors (Lipinski definition) is 1. The molecule has 1 aromatic rings. The number of nitrogens with one attached hydrogen (secondary N) is 1. The van der Waals surface area contributed by atoms with Crippen molar-refractivity contribution in [2.45, 2.75) is 32.4 Å². The summed E-state index contributed by atoms with van der Waals surface area (Å²) in [5, 5.41) is 3.30. The molecule has 1 fully saturated rings. The van der Waals surface area contributed by atoms with E-state index in [-0.39, 0.29) is 5.56 Å². The lowest BCUT2D eigenvalue weighted by atomic mass is 10.0. The van der Waals surface area contributed by atoms with E-state index >= 15 is 0 Å². The molecule has 0 radical (unpaired) electrons. The predicted molar refractivity (Wildman–Crippen MR) is 68.3 cm³/mol. The molecule has 0 aromatic heterocycles. The number of likely N-dealkylation sites (N-methyl/N-ethyl adjacent to an activating group) is 1. The van der Waals surface area contributed by atoms with E-state index in [4.69, 9.17) is 0 Å². The average Bonchev–Trinajstić information content (AvgIpc) is 2.42. The Hall–Kier alpha value is -1.07. The van der Waals surface area contributed by atoms with Crippen LogP contribution in [0.2, 0.25) is 0 Å². The highest BCUT2D eigenvalue weighted by atomic mass is 19.2. The van der Waals surface area contributed by atoms with Crippen molar-refractivity contribution in [1.82, 2.24) is 10.2 Å². The number of rotatable bonds is 4. The molecule has 106 valence electrons. The first kappa shape index (κ1) is 14.3. The largest absolute Gasteiger partial charge is 0.315 e. The van der Waals surface area contributed by atoms with Crippen LogP contribution in [-0.4, -0.2) is 30.6 Å². The zero-order valence-electron chi connectivity index (χ0n) is 11.1. The van der Waals surface area contributed by atoms with E-state index in [0.29, 0.717) is 18.7 Å². The van der Waals surface area contributed by atoms with Crippen molar-refractivity contribution >= 4 is 0 Å². The number of halogens is 3. The molecule has 1 N–H and O–H groups in total. The molecule has 5 heteroatoms. The summed E-state index contributed by atoms with van der Waals surface area (Å²) in [5.74, 6) is -2.81. The van der Waals surface area contributed by atoms with Gasteiger partial charge in [0.25, 0.3) is 0 Å². The lowest BCUT2D eigenvalue weighted by Crippen LogP contribution is -2.45. The van der Waals surface area contributed by atoms with E-state index in [9.17, 15) is 13.2 Å². The highest BCUT2D eigenvalue weighted by Gasteiger charge is 2.21. The van der Waals surface area contributed by atoms with Crippen molar-refractivity contribution in [1.29, 1.82) is 0 Å². The van der Waals surface area contributed by atoms with Crippen LogP contribution in [0.4, 0.5) is 13.2 Å². The Morgan fingerprint density at radius 2 is 1.95 bits per heavy atom. The second kappa shape index (κ2) is 6.39. The third-order valence-electron chi connectivity index (χ3n) is 3.66. The topological polar surface area (TPSA) is 15.3 Å². The van der Waals surface area contributed by atoms with Gasteiger partial charge in [-0.2, -0.15) is 0 Å². The summed E-state index contributed by atoms with van der Waals surface area (Å²) < 4.78 is 39.7. The zero-order valence-corrected chi connectivity index (χ0v) is 11.1. The van der Waals surface area contributed by atoms with Crippen LogP contribution in [0, 0.1) is 17.5 Å². The molecule has 1 atom stereocenters. The van der Waals surface area contributed by atoms with E-state index in [1.165, 1.54) is 0 Å². The van der Waals surface area contributed by atoms with Gasteiger partial charge in [0, 0.05) is 30.8 Å². The average molecular weight is 272 g/mol. The van der Waals surface area contributed by atoms with Gasteiger partial charge in [0.15, 0.2) is 11.6 Å². The second-order valence-electron chi connectivity index (χ2n) is 4.92. The van der Waals surface area contributed by atoms with Crippen molar-refractivity contribution in [3.63, 3.8) is 0 Å². The SMILES string of the molecule is CCN(Cc1cc(F)c(F)cc1F)C1CCCNC1. The Bertz CT molecular complexity index is 431. The molecule has 0 spiro atoms. The van der Waals surface area contributed by atoms with Crippen molar-refractivity contribution in [3.05, 3.63) is 35.1 Å². The van der Waals surface area contributed by atoms with Gasteiger partial charge in [-0.3, -0.25) is 4.90 Å². The van der Waals surface area contributed by atoms with Crippen molar-refractivity contribution in [3.8, 4) is 0 Å². The van der Waals surface area contributed by atoms with E-state index in [0.717, 1.165) is 38.5 Å². The smallest absolute Gasteiger partial charge is 0.161 e. The molecular formula is C14H19F3N2. The van der Waals surface area contributed by atoms with Crippen LogP contribution in [0.15, 0.2) is 12.1 Å². The van der Waals surface area contributed by atoms with Gasteiger partial charge in [-0.15, -0.1) is 0 Å². The van der Waals surface area contributed by atoms with Crippen LogP contribution >= 0.6 is 0 Å². The number of piperidine rings is 1. The molecule has 0 aliphatic carbocycles. The van der Waals surface area contributed by atoms with Gasteiger partial charge in [-0.1, -0.05) is 6.92 Å². The van der Waals surface area contributed by atoms with Crippen molar-refractivity contribution in [2.75, 3.05) is 19.6 Å².